The number of aromatic nitrogens is 4. The van der Waals surface area contributed by atoms with Gasteiger partial charge in [0.1, 0.15) is 27.6 Å². The highest BCUT2D eigenvalue weighted by molar-refractivity contribution is 7.16. The van der Waals surface area contributed by atoms with Gasteiger partial charge in [0.25, 0.3) is 5.91 Å². The summed E-state index contributed by atoms with van der Waals surface area (Å²) in [7, 11) is 0. The molecule has 0 unspecified atom stereocenters. The summed E-state index contributed by atoms with van der Waals surface area (Å²) in [5.41, 5.74) is 7.31. The number of primary amides is 1. The summed E-state index contributed by atoms with van der Waals surface area (Å²) < 4.78 is 13.7. The van der Waals surface area contributed by atoms with Gasteiger partial charge >= 0.3 is 0 Å². The summed E-state index contributed by atoms with van der Waals surface area (Å²) in [5, 5.41) is 12.3. The van der Waals surface area contributed by atoms with Crippen LogP contribution >= 0.6 is 11.3 Å². The lowest BCUT2D eigenvalue weighted by molar-refractivity contribution is 0.0994. The first-order valence-corrected chi connectivity index (χ1v) is 9.68. The molecule has 1 fully saturated rings. The number of pyridine rings is 1. The molecule has 7 nitrogen and oxygen atoms in total. The molecule has 0 aromatic carbocycles. The van der Waals surface area contributed by atoms with Crippen molar-refractivity contribution in [3.8, 4) is 10.7 Å². The van der Waals surface area contributed by atoms with Gasteiger partial charge in [-0.05, 0) is 43.5 Å². The number of carbonyl (C=O) groups excluding carboxylic acids is 1. The fraction of sp³-hybridized carbons (Fsp3) is 0.316. The largest absolute Gasteiger partial charge is 0.368 e. The number of amides is 1. The third-order valence-electron chi connectivity index (χ3n) is 4.98. The topological polar surface area (TPSA) is 107 Å². The summed E-state index contributed by atoms with van der Waals surface area (Å²) in [6.45, 7) is 2.43. The second-order valence-electron chi connectivity index (χ2n) is 7.01. The standard InChI is InChI=1S/C19H19FN6OS/c1-11-6-15(25-26-16(11)18-23-9-13(28-18)17(21)27)24-10-19(7-12(20)8-19)14-4-2-3-5-22-14/h2-6,9,12H,7-8,10H2,1H3,(H2,21,27)(H,24,25). The molecule has 0 saturated heterocycles. The Hall–Kier alpha value is -2.94. The van der Waals surface area contributed by atoms with Crippen molar-refractivity contribution in [2.45, 2.75) is 31.4 Å². The number of hydrogen-bond donors (Lipinski definition) is 2. The van der Waals surface area contributed by atoms with Crippen LogP contribution in [0.3, 0.4) is 0 Å². The molecular weight excluding hydrogens is 379 g/mol. The maximum absolute atomic E-state index is 13.7. The van der Waals surface area contributed by atoms with Crippen molar-refractivity contribution in [2.75, 3.05) is 11.9 Å². The quantitative estimate of drug-likeness (QED) is 0.661. The Balaban J connectivity index is 1.51. The normalized spacial score (nSPS) is 21.1. The average Bonchev–Trinajstić information content (AvgIpc) is 3.15. The molecule has 28 heavy (non-hydrogen) atoms. The second-order valence-corrected chi connectivity index (χ2v) is 8.04. The molecule has 1 saturated carbocycles. The van der Waals surface area contributed by atoms with Crippen LogP contribution in [0, 0.1) is 6.92 Å². The van der Waals surface area contributed by atoms with E-state index in [1.54, 1.807) is 6.20 Å². The minimum atomic E-state index is -0.802. The maximum atomic E-state index is 13.7. The van der Waals surface area contributed by atoms with Crippen LogP contribution in [0.5, 0.6) is 0 Å². The molecule has 0 aliphatic heterocycles. The predicted molar refractivity (Wildman–Crippen MR) is 105 cm³/mol. The highest BCUT2D eigenvalue weighted by Crippen LogP contribution is 2.44. The van der Waals surface area contributed by atoms with E-state index in [1.165, 1.54) is 17.5 Å². The van der Waals surface area contributed by atoms with Crippen molar-refractivity contribution in [3.63, 3.8) is 0 Å². The molecule has 144 valence electrons. The zero-order valence-corrected chi connectivity index (χ0v) is 16.0. The summed E-state index contributed by atoms with van der Waals surface area (Å²) >= 11 is 1.18. The van der Waals surface area contributed by atoms with Crippen molar-refractivity contribution in [2.24, 2.45) is 5.73 Å². The van der Waals surface area contributed by atoms with E-state index in [9.17, 15) is 9.18 Å². The van der Waals surface area contributed by atoms with Crippen molar-refractivity contribution in [1.29, 1.82) is 0 Å². The number of nitrogens with zero attached hydrogens (tertiary/aromatic N) is 4. The smallest absolute Gasteiger partial charge is 0.260 e. The molecule has 1 aliphatic rings. The van der Waals surface area contributed by atoms with E-state index >= 15 is 0 Å². The fourth-order valence-corrected chi connectivity index (χ4v) is 4.27. The second kappa shape index (κ2) is 7.23. The predicted octanol–water partition coefficient (Wildman–Crippen LogP) is 2.88. The van der Waals surface area contributed by atoms with E-state index in [0.717, 1.165) is 11.3 Å². The number of halogens is 1. The molecule has 9 heteroatoms. The van der Waals surface area contributed by atoms with Crippen LogP contribution < -0.4 is 11.1 Å². The third kappa shape index (κ3) is 3.45. The molecule has 0 atom stereocenters. The van der Waals surface area contributed by atoms with E-state index in [0.29, 0.717) is 40.8 Å². The number of alkyl halides is 1. The monoisotopic (exact) mass is 398 g/mol. The molecule has 0 spiro atoms. The van der Waals surface area contributed by atoms with Gasteiger partial charge in [-0.2, -0.15) is 0 Å². The van der Waals surface area contributed by atoms with Crippen LogP contribution in [0.1, 0.15) is 33.8 Å². The number of anilines is 1. The first-order valence-electron chi connectivity index (χ1n) is 8.87. The van der Waals surface area contributed by atoms with E-state index in [1.807, 2.05) is 31.2 Å². The lowest BCUT2D eigenvalue weighted by Crippen LogP contribution is -2.48. The Morgan fingerprint density at radius 1 is 1.36 bits per heavy atom. The lowest BCUT2D eigenvalue weighted by atomic mass is 9.65. The first kappa shape index (κ1) is 18.4. The highest BCUT2D eigenvalue weighted by Gasteiger charge is 2.47. The van der Waals surface area contributed by atoms with Gasteiger partial charge in [-0.25, -0.2) is 9.37 Å². The van der Waals surface area contributed by atoms with Gasteiger partial charge in [-0.1, -0.05) is 6.07 Å². The van der Waals surface area contributed by atoms with Gasteiger partial charge in [0, 0.05) is 23.9 Å². The molecule has 3 N–H and O–H groups in total. The highest BCUT2D eigenvalue weighted by atomic mass is 32.1. The van der Waals surface area contributed by atoms with E-state index in [4.69, 9.17) is 5.73 Å². The van der Waals surface area contributed by atoms with Crippen molar-refractivity contribution in [1.82, 2.24) is 20.2 Å². The average molecular weight is 398 g/mol. The Kier molecular flexibility index (Phi) is 4.76. The van der Waals surface area contributed by atoms with Crippen LogP contribution in [0.15, 0.2) is 36.7 Å². The molecule has 1 aliphatic carbocycles. The summed E-state index contributed by atoms with van der Waals surface area (Å²) in [6.07, 6.45) is 3.25. The van der Waals surface area contributed by atoms with Crippen LogP contribution in [0.2, 0.25) is 0 Å². The van der Waals surface area contributed by atoms with E-state index < -0.39 is 12.1 Å². The Bertz CT molecular complexity index is 1000. The number of carbonyl (C=O) groups is 1. The molecule has 0 radical (unpaired) electrons. The molecule has 3 aromatic heterocycles. The van der Waals surface area contributed by atoms with Gasteiger partial charge in [-0.3, -0.25) is 9.78 Å². The number of thiazole rings is 1. The maximum Gasteiger partial charge on any atom is 0.260 e. The number of nitrogens with two attached hydrogens (primary N) is 1. The number of rotatable bonds is 6. The molecular formula is C19H19FN6OS. The Morgan fingerprint density at radius 3 is 2.79 bits per heavy atom. The SMILES string of the molecule is Cc1cc(NCC2(c3ccccn3)CC(F)C2)nnc1-c1ncc(C(N)=O)s1. The molecule has 3 heterocycles. The van der Waals surface area contributed by atoms with Crippen molar-refractivity contribution < 1.29 is 9.18 Å². The third-order valence-corrected chi connectivity index (χ3v) is 5.99. The van der Waals surface area contributed by atoms with Crippen LogP contribution in [0.4, 0.5) is 10.2 Å². The van der Waals surface area contributed by atoms with Gasteiger partial charge in [-0.15, -0.1) is 21.5 Å². The molecule has 4 rings (SSSR count). The Labute approximate surface area is 165 Å². The number of nitrogens with one attached hydrogen (secondary N) is 1. The van der Waals surface area contributed by atoms with E-state index in [2.05, 4.69) is 25.5 Å². The van der Waals surface area contributed by atoms with Gasteiger partial charge in [0.2, 0.25) is 0 Å². The zero-order valence-electron chi connectivity index (χ0n) is 15.2. The summed E-state index contributed by atoms with van der Waals surface area (Å²) in [6, 6.07) is 7.58. The van der Waals surface area contributed by atoms with Crippen LogP contribution in [-0.4, -0.2) is 38.8 Å². The Morgan fingerprint density at radius 2 is 2.18 bits per heavy atom. The fourth-order valence-electron chi connectivity index (χ4n) is 3.45. The number of hydrogen-bond acceptors (Lipinski definition) is 7. The van der Waals surface area contributed by atoms with Gasteiger partial charge in [0.15, 0.2) is 0 Å². The van der Waals surface area contributed by atoms with Crippen LogP contribution in [-0.2, 0) is 5.41 Å². The molecule has 3 aromatic rings. The van der Waals surface area contributed by atoms with Crippen LogP contribution in [0.25, 0.3) is 10.7 Å². The molecule has 0 bridgehead atoms. The van der Waals surface area contributed by atoms with E-state index in [-0.39, 0.29) is 5.41 Å². The first-order chi connectivity index (χ1) is 13.5. The van der Waals surface area contributed by atoms with Gasteiger partial charge < -0.3 is 11.1 Å². The summed E-state index contributed by atoms with van der Waals surface area (Å²) in [4.78, 5) is 20.2. The van der Waals surface area contributed by atoms with Gasteiger partial charge in [0.05, 0.1) is 6.20 Å². The number of aryl methyl sites for hydroxylation is 1. The summed E-state index contributed by atoms with van der Waals surface area (Å²) in [5.74, 6) is 0.0877. The lowest BCUT2D eigenvalue weighted by Gasteiger charge is -2.44. The minimum Gasteiger partial charge on any atom is -0.368 e. The molecule has 1 amide bonds. The zero-order chi connectivity index (χ0) is 19.7. The van der Waals surface area contributed by atoms with Crippen molar-refractivity contribution >= 4 is 23.1 Å². The minimum absolute atomic E-state index is 0.333. The van der Waals surface area contributed by atoms with Crippen molar-refractivity contribution in [3.05, 3.63) is 52.8 Å².